The zero-order valence-electron chi connectivity index (χ0n) is 11.8. The van der Waals surface area contributed by atoms with Gasteiger partial charge in [0, 0.05) is 4.47 Å². The molecule has 3 nitrogen and oxygen atoms in total. The third-order valence-corrected chi connectivity index (χ3v) is 4.12. The average molecular weight is 376 g/mol. The fourth-order valence-corrected chi connectivity index (χ4v) is 2.87. The highest BCUT2D eigenvalue weighted by atomic mass is 79.9. The molecule has 0 saturated heterocycles. The van der Waals surface area contributed by atoms with Gasteiger partial charge < -0.3 is 0 Å². The van der Waals surface area contributed by atoms with Gasteiger partial charge in [-0.15, -0.1) is 0 Å². The lowest BCUT2D eigenvalue weighted by molar-refractivity contribution is -0.114. The van der Waals surface area contributed by atoms with Crippen LogP contribution in [0, 0.1) is 0 Å². The van der Waals surface area contributed by atoms with Crippen molar-refractivity contribution in [3.05, 3.63) is 69.2 Å². The maximum atomic E-state index is 12.6. The molecule has 1 aliphatic heterocycles. The summed E-state index contributed by atoms with van der Waals surface area (Å²) in [6.07, 6.45) is 1.84. The fraction of sp³-hybridized carbons (Fsp3) is 0.0588. The molecule has 0 spiro atoms. The molecule has 0 N–H and O–H groups in total. The van der Waals surface area contributed by atoms with Crippen molar-refractivity contribution < 1.29 is 4.79 Å². The molecule has 110 valence electrons. The molecule has 0 atom stereocenters. The summed E-state index contributed by atoms with van der Waals surface area (Å²) in [6, 6.07) is 14.9. The van der Waals surface area contributed by atoms with E-state index in [9.17, 15) is 4.79 Å². The van der Waals surface area contributed by atoms with Gasteiger partial charge in [0.2, 0.25) is 0 Å². The van der Waals surface area contributed by atoms with E-state index < -0.39 is 0 Å². The summed E-state index contributed by atoms with van der Waals surface area (Å²) < 4.78 is 0.963. The minimum Gasteiger partial charge on any atom is -0.267 e. The van der Waals surface area contributed by atoms with Crippen molar-refractivity contribution >= 4 is 50.9 Å². The first-order chi connectivity index (χ1) is 10.6. The van der Waals surface area contributed by atoms with Crippen molar-refractivity contribution in [1.82, 2.24) is 0 Å². The zero-order chi connectivity index (χ0) is 15.7. The molecular formula is C17H12BrClN2O. The smallest absolute Gasteiger partial charge is 0.267 e. The molecule has 0 unspecified atom stereocenters. The van der Waals surface area contributed by atoms with Crippen molar-refractivity contribution in [1.29, 1.82) is 0 Å². The number of anilines is 1. The highest BCUT2D eigenvalue weighted by molar-refractivity contribution is 9.10. The third-order valence-electron chi connectivity index (χ3n) is 3.30. The minimum atomic E-state index is -0.175. The Bertz CT molecular complexity index is 814. The summed E-state index contributed by atoms with van der Waals surface area (Å²) >= 11 is 9.58. The van der Waals surface area contributed by atoms with E-state index >= 15 is 0 Å². The molecule has 1 heterocycles. The quantitative estimate of drug-likeness (QED) is 0.687. The minimum absolute atomic E-state index is 0.175. The monoisotopic (exact) mass is 374 g/mol. The summed E-state index contributed by atoms with van der Waals surface area (Å²) in [5.41, 5.74) is 2.77. The summed E-state index contributed by atoms with van der Waals surface area (Å²) in [4.78, 5) is 12.6. The van der Waals surface area contributed by atoms with E-state index in [1.165, 1.54) is 5.01 Å². The third kappa shape index (κ3) is 2.85. The van der Waals surface area contributed by atoms with Gasteiger partial charge in [-0.3, -0.25) is 4.79 Å². The van der Waals surface area contributed by atoms with Gasteiger partial charge in [-0.1, -0.05) is 51.8 Å². The Hall–Kier alpha value is -1.91. The predicted molar refractivity (Wildman–Crippen MR) is 94.2 cm³/mol. The second kappa shape index (κ2) is 6.07. The Morgan fingerprint density at radius 1 is 1.18 bits per heavy atom. The fourth-order valence-electron chi connectivity index (χ4n) is 2.23. The number of hydrogen-bond acceptors (Lipinski definition) is 2. The Balaban J connectivity index is 1.99. The van der Waals surface area contributed by atoms with Crippen LogP contribution in [0.2, 0.25) is 5.02 Å². The van der Waals surface area contributed by atoms with E-state index in [0.717, 1.165) is 10.0 Å². The number of nitrogens with zero attached hydrogens (tertiary/aromatic N) is 2. The lowest BCUT2D eigenvalue weighted by Gasteiger charge is -2.13. The maximum absolute atomic E-state index is 12.6. The lowest BCUT2D eigenvalue weighted by Crippen LogP contribution is -2.21. The highest BCUT2D eigenvalue weighted by Gasteiger charge is 2.29. The van der Waals surface area contributed by atoms with Crippen LogP contribution >= 0.6 is 27.5 Å². The second-order valence-electron chi connectivity index (χ2n) is 4.87. The van der Waals surface area contributed by atoms with E-state index in [1.807, 2.05) is 49.4 Å². The van der Waals surface area contributed by atoms with Crippen LogP contribution in [0.4, 0.5) is 5.69 Å². The molecule has 0 saturated carbocycles. The predicted octanol–water partition coefficient (Wildman–Crippen LogP) is 4.91. The maximum Gasteiger partial charge on any atom is 0.280 e. The van der Waals surface area contributed by atoms with Crippen molar-refractivity contribution in [2.75, 3.05) is 5.01 Å². The van der Waals surface area contributed by atoms with E-state index in [0.29, 0.717) is 22.0 Å². The van der Waals surface area contributed by atoms with Crippen LogP contribution in [0.5, 0.6) is 0 Å². The molecule has 1 aliphatic rings. The largest absolute Gasteiger partial charge is 0.280 e. The topological polar surface area (TPSA) is 32.7 Å². The number of carbonyl (C=O) groups excluding carboxylic acids is 1. The van der Waals surface area contributed by atoms with Gasteiger partial charge in [0.1, 0.15) is 0 Å². The van der Waals surface area contributed by atoms with Crippen molar-refractivity contribution in [3.63, 3.8) is 0 Å². The average Bonchev–Trinajstić information content (AvgIpc) is 2.76. The first-order valence-corrected chi connectivity index (χ1v) is 7.85. The highest BCUT2D eigenvalue weighted by Crippen LogP contribution is 2.30. The number of hydrazone groups is 1. The van der Waals surface area contributed by atoms with Crippen LogP contribution in [0.3, 0.4) is 0 Å². The number of carbonyl (C=O) groups is 1. The van der Waals surface area contributed by atoms with Gasteiger partial charge in [0.15, 0.2) is 0 Å². The number of amides is 1. The van der Waals surface area contributed by atoms with Gasteiger partial charge in [0.05, 0.1) is 22.0 Å². The summed E-state index contributed by atoms with van der Waals surface area (Å²) in [6.45, 7) is 1.82. The number of benzene rings is 2. The second-order valence-corrected chi connectivity index (χ2v) is 6.19. The molecule has 0 aromatic heterocycles. The Kier molecular flexibility index (Phi) is 4.14. The van der Waals surface area contributed by atoms with Gasteiger partial charge >= 0.3 is 0 Å². The van der Waals surface area contributed by atoms with Crippen molar-refractivity contribution in [2.45, 2.75) is 6.92 Å². The lowest BCUT2D eigenvalue weighted by atomic mass is 10.1. The Morgan fingerprint density at radius 2 is 1.95 bits per heavy atom. The first-order valence-electron chi connectivity index (χ1n) is 6.68. The molecule has 0 bridgehead atoms. The zero-order valence-corrected chi connectivity index (χ0v) is 14.1. The molecule has 3 rings (SSSR count). The molecule has 5 heteroatoms. The van der Waals surface area contributed by atoms with Crippen LogP contribution in [-0.2, 0) is 4.79 Å². The normalized spacial score (nSPS) is 16.3. The van der Waals surface area contributed by atoms with Gasteiger partial charge in [-0.05, 0) is 42.8 Å². The van der Waals surface area contributed by atoms with Gasteiger partial charge in [0.25, 0.3) is 5.91 Å². The molecule has 2 aromatic carbocycles. The van der Waals surface area contributed by atoms with Crippen LogP contribution in [0.15, 0.2) is 63.7 Å². The van der Waals surface area contributed by atoms with E-state index in [2.05, 4.69) is 21.0 Å². The van der Waals surface area contributed by atoms with E-state index in [1.54, 1.807) is 12.1 Å². The van der Waals surface area contributed by atoms with E-state index in [4.69, 9.17) is 11.6 Å². The number of hydrogen-bond donors (Lipinski definition) is 0. The Morgan fingerprint density at radius 3 is 2.68 bits per heavy atom. The Labute approximate surface area is 142 Å². The first kappa shape index (κ1) is 15.0. The van der Waals surface area contributed by atoms with Crippen LogP contribution in [0.1, 0.15) is 12.5 Å². The van der Waals surface area contributed by atoms with Crippen LogP contribution in [-0.4, -0.2) is 11.6 Å². The number of para-hydroxylation sites is 1. The molecule has 0 fully saturated rings. The summed E-state index contributed by atoms with van der Waals surface area (Å²) in [7, 11) is 0. The molecule has 0 aliphatic carbocycles. The van der Waals surface area contributed by atoms with Crippen molar-refractivity contribution in [3.8, 4) is 0 Å². The van der Waals surface area contributed by atoms with Gasteiger partial charge in [-0.25, -0.2) is 0 Å². The summed E-state index contributed by atoms with van der Waals surface area (Å²) in [5, 5.41) is 6.18. The number of halogens is 2. The van der Waals surface area contributed by atoms with Gasteiger partial charge in [-0.2, -0.15) is 10.1 Å². The van der Waals surface area contributed by atoms with Crippen LogP contribution < -0.4 is 5.01 Å². The molecule has 22 heavy (non-hydrogen) atoms. The van der Waals surface area contributed by atoms with E-state index in [-0.39, 0.29) is 5.91 Å². The molecule has 2 aromatic rings. The number of rotatable bonds is 2. The SMILES string of the molecule is CC1=NN(c2ccccc2Cl)C(=O)C1=Cc1cccc(Br)c1. The van der Waals surface area contributed by atoms with Crippen LogP contribution in [0.25, 0.3) is 6.08 Å². The standard InChI is InChI=1S/C17H12BrClN2O/c1-11-14(10-12-5-4-6-13(18)9-12)17(22)21(20-11)16-8-3-2-7-15(16)19/h2-10H,1H3. The van der Waals surface area contributed by atoms with Crippen molar-refractivity contribution in [2.24, 2.45) is 5.10 Å². The summed E-state index contributed by atoms with van der Waals surface area (Å²) in [5.74, 6) is -0.175. The molecule has 0 radical (unpaired) electrons. The molecular weight excluding hydrogens is 364 g/mol. The molecule has 1 amide bonds.